The van der Waals surface area contributed by atoms with Crippen LogP contribution in [-0.4, -0.2) is 37.0 Å². The summed E-state index contributed by atoms with van der Waals surface area (Å²) in [5, 5.41) is 9.95. The highest BCUT2D eigenvalue weighted by Gasteiger charge is 2.34. The van der Waals surface area contributed by atoms with Gasteiger partial charge in [-0.25, -0.2) is 12.8 Å². The lowest BCUT2D eigenvalue weighted by Crippen LogP contribution is -2.46. The van der Waals surface area contributed by atoms with Crippen LogP contribution in [0.4, 0.5) is 10.1 Å². The highest BCUT2D eigenvalue weighted by molar-refractivity contribution is 7.89. The molecule has 2 rings (SSSR count). The third-order valence-electron chi connectivity index (χ3n) is 3.73. The molecule has 1 aromatic rings. The summed E-state index contributed by atoms with van der Waals surface area (Å²) >= 11 is 0. The minimum absolute atomic E-state index is 0.0566. The highest BCUT2D eigenvalue weighted by atomic mass is 32.2. The molecule has 5 nitrogen and oxygen atoms in total. The van der Waals surface area contributed by atoms with Gasteiger partial charge >= 0.3 is 0 Å². The third kappa shape index (κ3) is 2.94. The van der Waals surface area contributed by atoms with Gasteiger partial charge in [-0.1, -0.05) is 12.8 Å². The van der Waals surface area contributed by atoms with E-state index in [0.717, 1.165) is 29.3 Å². The van der Waals surface area contributed by atoms with Crippen molar-refractivity contribution in [2.24, 2.45) is 0 Å². The zero-order valence-corrected chi connectivity index (χ0v) is 12.1. The summed E-state index contributed by atoms with van der Waals surface area (Å²) in [5.41, 5.74) is 5.55. The third-order valence-corrected chi connectivity index (χ3v) is 5.59. The second kappa shape index (κ2) is 5.67. The average Bonchev–Trinajstić information content (AvgIpc) is 2.37. The molecular formula is C13H19FN2O3S. The van der Waals surface area contributed by atoms with Crippen molar-refractivity contribution < 1.29 is 17.9 Å². The Morgan fingerprint density at radius 3 is 2.55 bits per heavy atom. The Morgan fingerprint density at radius 2 is 1.95 bits per heavy atom. The summed E-state index contributed by atoms with van der Waals surface area (Å²) in [5.74, 6) is -0.693. The first kappa shape index (κ1) is 15.2. The monoisotopic (exact) mass is 302 g/mol. The Bertz CT molecular complexity index is 571. The minimum Gasteiger partial charge on any atom is -0.399 e. The Morgan fingerprint density at radius 1 is 1.30 bits per heavy atom. The molecule has 0 amide bonds. The molecule has 2 unspecified atom stereocenters. The number of aliphatic hydroxyl groups is 1. The predicted molar refractivity (Wildman–Crippen MR) is 74.0 cm³/mol. The number of nitrogen functional groups attached to an aromatic ring is 1. The summed E-state index contributed by atoms with van der Waals surface area (Å²) in [4.78, 5) is -0.185. The number of benzene rings is 1. The summed E-state index contributed by atoms with van der Waals surface area (Å²) in [6.07, 6.45) is 2.25. The standard InChI is InChI=1S/C13H19FN2O3S/c1-16(12-4-2-3-5-13(12)17)20(18,19)11-7-9(14)6-10(15)8-11/h6-8,12-13,17H,2-5,15H2,1H3. The molecule has 1 aliphatic carbocycles. The molecule has 1 saturated carbocycles. The molecule has 7 heteroatoms. The van der Waals surface area contributed by atoms with Gasteiger partial charge in [-0.05, 0) is 31.0 Å². The molecular weight excluding hydrogens is 283 g/mol. The predicted octanol–water partition coefficient (Wildman–Crippen LogP) is 1.33. The zero-order valence-electron chi connectivity index (χ0n) is 11.3. The Hall–Kier alpha value is -1.18. The van der Waals surface area contributed by atoms with Crippen molar-refractivity contribution in [1.29, 1.82) is 0 Å². The van der Waals surface area contributed by atoms with Crippen molar-refractivity contribution in [2.75, 3.05) is 12.8 Å². The lowest BCUT2D eigenvalue weighted by Gasteiger charge is -2.34. The van der Waals surface area contributed by atoms with Gasteiger partial charge in [-0.3, -0.25) is 0 Å². The van der Waals surface area contributed by atoms with Crippen LogP contribution in [0, 0.1) is 5.82 Å². The van der Waals surface area contributed by atoms with Gasteiger partial charge in [0.05, 0.1) is 17.0 Å². The number of halogens is 1. The lowest BCUT2D eigenvalue weighted by atomic mass is 9.93. The SMILES string of the molecule is CN(C1CCCCC1O)S(=O)(=O)c1cc(N)cc(F)c1. The minimum atomic E-state index is -3.86. The molecule has 0 spiro atoms. The van der Waals surface area contributed by atoms with Gasteiger partial charge < -0.3 is 10.8 Å². The van der Waals surface area contributed by atoms with Crippen LogP contribution in [-0.2, 0) is 10.0 Å². The van der Waals surface area contributed by atoms with Crippen LogP contribution in [0.5, 0.6) is 0 Å². The molecule has 0 saturated heterocycles. The molecule has 0 heterocycles. The quantitative estimate of drug-likeness (QED) is 0.825. The van der Waals surface area contributed by atoms with E-state index in [4.69, 9.17) is 5.73 Å². The van der Waals surface area contributed by atoms with E-state index in [0.29, 0.717) is 12.8 Å². The van der Waals surface area contributed by atoms with Crippen LogP contribution in [0.25, 0.3) is 0 Å². The lowest BCUT2D eigenvalue weighted by molar-refractivity contribution is 0.0638. The second-order valence-corrected chi connectivity index (χ2v) is 7.16. The first-order valence-electron chi connectivity index (χ1n) is 6.54. The van der Waals surface area contributed by atoms with E-state index in [1.165, 1.54) is 13.1 Å². The van der Waals surface area contributed by atoms with E-state index < -0.39 is 28.0 Å². The van der Waals surface area contributed by atoms with Gasteiger partial charge in [0, 0.05) is 12.7 Å². The fraction of sp³-hybridized carbons (Fsp3) is 0.538. The smallest absolute Gasteiger partial charge is 0.243 e. The van der Waals surface area contributed by atoms with Crippen molar-refractivity contribution >= 4 is 15.7 Å². The summed E-state index contributed by atoms with van der Waals surface area (Å²) in [7, 11) is -2.45. The van der Waals surface area contributed by atoms with Gasteiger partial charge in [-0.2, -0.15) is 4.31 Å². The van der Waals surface area contributed by atoms with Crippen LogP contribution in [0.2, 0.25) is 0 Å². The molecule has 3 N–H and O–H groups in total. The molecule has 1 aliphatic rings. The number of rotatable bonds is 3. The Labute approximate surface area is 118 Å². The number of nitrogens with two attached hydrogens (primary N) is 1. The first-order valence-corrected chi connectivity index (χ1v) is 7.98. The molecule has 0 radical (unpaired) electrons. The van der Waals surface area contributed by atoms with Crippen molar-refractivity contribution in [2.45, 2.75) is 42.7 Å². The van der Waals surface area contributed by atoms with Crippen LogP contribution in [0.15, 0.2) is 23.1 Å². The second-order valence-electron chi connectivity index (χ2n) is 5.16. The summed E-state index contributed by atoms with van der Waals surface area (Å²) < 4.78 is 39.4. The maximum absolute atomic E-state index is 13.3. The Kier molecular flexibility index (Phi) is 4.31. The first-order chi connectivity index (χ1) is 9.32. The van der Waals surface area contributed by atoms with Crippen molar-refractivity contribution in [3.63, 3.8) is 0 Å². The molecule has 0 bridgehead atoms. The van der Waals surface area contributed by atoms with E-state index in [1.54, 1.807) is 0 Å². The average molecular weight is 302 g/mol. The van der Waals surface area contributed by atoms with Gasteiger partial charge in [0.25, 0.3) is 0 Å². The largest absolute Gasteiger partial charge is 0.399 e. The molecule has 20 heavy (non-hydrogen) atoms. The normalized spacial score (nSPS) is 24.0. The van der Waals surface area contributed by atoms with Crippen LogP contribution < -0.4 is 5.73 Å². The van der Waals surface area contributed by atoms with Crippen molar-refractivity contribution in [3.8, 4) is 0 Å². The maximum Gasteiger partial charge on any atom is 0.243 e. The van der Waals surface area contributed by atoms with Crippen LogP contribution in [0.3, 0.4) is 0 Å². The fourth-order valence-electron chi connectivity index (χ4n) is 2.59. The van der Waals surface area contributed by atoms with Crippen molar-refractivity contribution in [1.82, 2.24) is 4.31 Å². The van der Waals surface area contributed by atoms with Crippen molar-refractivity contribution in [3.05, 3.63) is 24.0 Å². The van der Waals surface area contributed by atoms with Gasteiger partial charge in [0.15, 0.2) is 0 Å². The molecule has 1 fully saturated rings. The molecule has 0 aromatic heterocycles. The van der Waals surface area contributed by atoms with E-state index in [-0.39, 0.29) is 10.6 Å². The Balaban J connectivity index is 2.33. The number of likely N-dealkylation sites (N-methyl/N-ethyl adjacent to an activating group) is 1. The van der Waals surface area contributed by atoms with Crippen LogP contribution >= 0.6 is 0 Å². The number of hydrogen-bond acceptors (Lipinski definition) is 4. The van der Waals surface area contributed by atoms with E-state index in [9.17, 15) is 17.9 Å². The van der Waals surface area contributed by atoms with E-state index in [1.807, 2.05) is 0 Å². The number of hydrogen-bond donors (Lipinski definition) is 2. The van der Waals surface area contributed by atoms with E-state index >= 15 is 0 Å². The zero-order chi connectivity index (χ0) is 14.9. The number of sulfonamides is 1. The van der Waals surface area contributed by atoms with Crippen LogP contribution in [0.1, 0.15) is 25.7 Å². The maximum atomic E-state index is 13.3. The molecule has 2 atom stereocenters. The molecule has 112 valence electrons. The summed E-state index contributed by atoms with van der Waals surface area (Å²) in [6, 6.07) is 2.76. The molecule has 0 aliphatic heterocycles. The van der Waals surface area contributed by atoms with Gasteiger partial charge in [-0.15, -0.1) is 0 Å². The number of anilines is 1. The summed E-state index contributed by atoms with van der Waals surface area (Å²) in [6.45, 7) is 0. The highest BCUT2D eigenvalue weighted by Crippen LogP contribution is 2.27. The number of aliphatic hydroxyl groups excluding tert-OH is 1. The van der Waals surface area contributed by atoms with E-state index in [2.05, 4.69) is 0 Å². The fourth-order valence-corrected chi connectivity index (χ4v) is 4.08. The molecule has 1 aromatic carbocycles. The van der Waals surface area contributed by atoms with Gasteiger partial charge in [0.2, 0.25) is 10.0 Å². The number of nitrogens with zero attached hydrogens (tertiary/aromatic N) is 1. The van der Waals surface area contributed by atoms with Gasteiger partial charge in [0.1, 0.15) is 5.82 Å². The topological polar surface area (TPSA) is 83.6 Å².